The fourth-order valence-corrected chi connectivity index (χ4v) is 5.50. The summed E-state index contributed by atoms with van der Waals surface area (Å²) in [5.41, 5.74) is 0.332. The summed E-state index contributed by atoms with van der Waals surface area (Å²) in [5.74, 6) is -1.40. The zero-order valence-corrected chi connectivity index (χ0v) is 18.1. The van der Waals surface area contributed by atoms with E-state index < -0.39 is 45.6 Å². The van der Waals surface area contributed by atoms with E-state index in [9.17, 15) is 18.6 Å². The number of amides is 2. The molecule has 1 aromatic rings. The lowest BCUT2D eigenvalue weighted by Gasteiger charge is -2.49. The van der Waals surface area contributed by atoms with E-state index in [0.29, 0.717) is 16.5 Å². The molecule has 1 saturated heterocycles. The minimum absolute atomic E-state index is 0.117. The van der Waals surface area contributed by atoms with E-state index in [0.717, 1.165) is 0 Å². The van der Waals surface area contributed by atoms with Crippen LogP contribution < -0.4 is 5.32 Å². The van der Waals surface area contributed by atoms with Crippen molar-refractivity contribution in [3.63, 3.8) is 0 Å². The van der Waals surface area contributed by atoms with Gasteiger partial charge in [0, 0.05) is 10.9 Å². The number of benzene rings is 1. The van der Waals surface area contributed by atoms with Crippen LogP contribution in [0.1, 0.15) is 31.1 Å². The van der Waals surface area contributed by atoms with Gasteiger partial charge >= 0.3 is 5.97 Å². The van der Waals surface area contributed by atoms with Gasteiger partial charge in [-0.15, -0.1) is 0 Å². The fraction of sp³-hybridized carbons (Fsp3) is 0.421. The summed E-state index contributed by atoms with van der Waals surface area (Å²) in [6.45, 7) is 5.20. The minimum Gasteiger partial charge on any atom is -0.455 e. The molecule has 0 saturated carbocycles. The predicted molar refractivity (Wildman–Crippen MR) is 108 cm³/mol. The highest BCUT2D eigenvalue weighted by atomic mass is 79.9. The largest absolute Gasteiger partial charge is 0.455 e. The second-order valence-electron chi connectivity index (χ2n) is 7.53. The highest BCUT2D eigenvalue weighted by Gasteiger charge is 2.57. The van der Waals surface area contributed by atoms with Gasteiger partial charge in [-0.05, 0) is 38.5 Å². The molecule has 9 heteroatoms. The fourth-order valence-electron chi connectivity index (χ4n) is 3.08. The van der Waals surface area contributed by atoms with Crippen molar-refractivity contribution in [2.45, 2.75) is 37.8 Å². The summed E-state index contributed by atoms with van der Waals surface area (Å²) in [4.78, 5) is 39.1. The summed E-state index contributed by atoms with van der Waals surface area (Å²) in [5, 5.41) is 2.15. The van der Waals surface area contributed by atoms with Crippen molar-refractivity contribution in [3.05, 3.63) is 47.2 Å². The third kappa shape index (κ3) is 3.91. The third-order valence-corrected chi connectivity index (χ3v) is 6.61. The van der Waals surface area contributed by atoms with E-state index in [1.807, 2.05) is 0 Å². The van der Waals surface area contributed by atoms with E-state index in [-0.39, 0.29) is 11.4 Å². The van der Waals surface area contributed by atoms with Crippen LogP contribution in [0.3, 0.4) is 0 Å². The first-order chi connectivity index (χ1) is 13.1. The normalized spacial score (nSPS) is 24.4. The topological polar surface area (TPSA) is 92.8 Å². The Morgan fingerprint density at radius 2 is 1.93 bits per heavy atom. The molecule has 150 valence electrons. The molecular weight excluding hydrogens is 448 g/mol. The maximum Gasteiger partial charge on any atom is 0.355 e. The van der Waals surface area contributed by atoms with Crippen molar-refractivity contribution in [2.24, 2.45) is 0 Å². The highest BCUT2D eigenvalue weighted by molar-refractivity contribution is 9.09. The summed E-state index contributed by atoms with van der Waals surface area (Å²) in [6, 6.07) is 7.53. The minimum atomic E-state index is -1.45. The Morgan fingerprint density at radius 1 is 1.29 bits per heavy atom. The zero-order chi connectivity index (χ0) is 20.6. The molecule has 0 aliphatic carbocycles. The van der Waals surface area contributed by atoms with Crippen molar-refractivity contribution in [1.29, 1.82) is 0 Å². The van der Waals surface area contributed by atoms with Crippen LogP contribution in [0.2, 0.25) is 0 Å². The molecule has 0 aromatic heterocycles. The summed E-state index contributed by atoms with van der Waals surface area (Å²) < 4.78 is 18.1. The molecule has 28 heavy (non-hydrogen) atoms. The number of hydrogen-bond donors (Lipinski definition) is 1. The molecule has 0 radical (unpaired) electrons. The Kier molecular flexibility index (Phi) is 5.77. The van der Waals surface area contributed by atoms with Crippen LogP contribution in [0.25, 0.3) is 0 Å². The van der Waals surface area contributed by atoms with Crippen LogP contribution in [0.4, 0.5) is 0 Å². The molecule has 2 aliphatic heterocycles. The SMILES string of the molecule is CC(C)(C)OC(=O)C1=C(CBr)CS(=O)[C@H]2C(NC(=O)c3ccccc3)C(=O)N12. The van der Waals surface area contributed by atoms with Crippen molar-refractivity contribution in [1.82, 2.24) is 10.2 Å². The summed E-state index contributed by atoms with van der Waals surface area (Å²) in [7, 11) is -1.45. The number of alkyl halides is 1. The third-order valence-electron chi connectivity index (χ3n) is 4.28. The number of nitrogens with zero attached hydrogens (tertiary/aromatic N) is 1. The Labute approximate surface area is 174 Å². The summed E-state index contributed by atoms with van der Waals surface area (Å²) in [6.07, 6.45) is 0. The van der Waals surface area contributed by atoms with Crippen molar-refractivity contribution in [2.75, 3.05) is 11.1 Å². The number of halogens is 1. The van der Waals surface area contributed by atoms with Gasteiger partial charge in [0.1, 0.15) is 22.7 Å². The number of carbonyl (C=O) groups is 3. The molecule has 3 atom stereocenters. The van der Waals surface area contributed by atoms with Gasteiger partial charge in [-0.1, -0.05) is 34.1 Å². The smallest absolute Gasteiger partial charge is 0.355 e. The molecule has 0 spiro atoms. The molecular formula is C19H21BrN2O5S. The van der Waals surface area contributed by atoms with Crippen LogP contribution in [0.5, 0.6) is 0 Å². The maximum atomic E-state index is 12.8. The zero-order valence-electron chi connectivity index (χ0n) is 15.7. The van der Waals surface area contributed by atoms with Crippen molar-refractivity contribution < 1.29 is 23.3 Å². The average molecular weight is 469 g/mol. The molecule has 1 fully saturated rings. The lowest BCUT2D eigenvalue weighted by molar-refractivity contribution is -0.158. The number of nitrogens with one attached hydrogen (secondary N) is 1. The van der Waals surface area contributed by atoms with E-state index in [2.05, 4.69) is 21.2 Å². The molecule has 2 unspecified atom stereocenters. The van der Waals surface area contributed by atoms with E-state index in [1.54, 1.807) is 51.1 Å². The van der Waals surface area contributed by atoms with Crippen molar-refractivity contribution >= 4 is 44.5 Å². The highest BCUT2D eigenvalue weighted by Crippen LogP contribution is 2.36. The molecule has 2 heterocycles. The van der Waals surface area contributed by atoms with E-state index in [4.69, 9.17) is 4.74 Å². The Balaban J connectivity index is 1.85. The second kappa shape index (κ2) is 7.79. The number of fused-ring (bicyclic) bond motifs is 1. The first-order valence-corrected chi connectivity index (χ1v) is 11.2. The second-order valence-corrected chi connectivity index (χ2v) is 9.62. The standard InChI is InChI=1S/C19H21BrN2O5S/c1-19(2,3)27-18(25)14-12(9-20)10-28(26)17-13(16(24)22(14)17)21-15(23)11-7-5-4-6-8-11/h4-8,13,17H,9-10H2,1-3H3,(H,21,23)/t13?,17-,28?/m0/s1. The van der Waals surface area contributed by atoms with Crippen LogP contribution >= 0.6 is 15.9 Å². The number of esters is 1. The van der Waals surface area contributed by atoms with E-state index in [1.165, 1.54) is 4.90 Å². The van der Waals surface area contributed by atoms with Gasteiger partial charge in [0.15, 0.2) is 0 Å². The van der Waals surface area contributed by atoms with Gasteiger partial charge in [-0.2, -0.15) is 0 Å². The van der Waals surface area contributed by atoms with Crippen LogP contribution in [-0.4, -0.2) is 55.0 Å². The van der Waals surface area contributed by atoms with Crippen molar-refractivity contribution in [3.8, 4) is 0 Å². The molecule has 3 rings (SSSR count). The Hall–Kier alpha value is -2.00. The van der Waals surface area contributed by atoms with Gasteiger partial charge in [0.05, 0.1) is 16.6 Å². The molecule has 7 nitrogen and oxygen atoms in total. The van der Waals surface area contributed by atoms with Crippen LogP contribution in [0, 0.1) is 0 Å². The molecule has 2 amide bonds. The predicted octanol–water partition coefficient (Wildman–Crippen LogP) is 1.71. The van der Waals surface area contributed by atoms with Crippen LogP contribution in [0.15, 0.2) is 41.6 Å². The van der Waals surface area contributed by atoms with Gasteiger partial charge in [-0.3, -0.25) is 18.7 Å². The molecule has 1 aromatic carbocycles. The number of β-lactam (4-membered cyclic amide) rings is 1. The lowest BCUT2D eigenvalue weighted by atomic mass is 10.0. The Morgan fingerprint density at radius 3 is 2.50 bits per heavy atom. The lowest BCUT2D eigenvalue weighted by Crippen LogP contribution is -2.73. The molecule has 2 aliphatic rings. The van der Waals surface area contributed by atoms with E-state index >= 15 is 0 Å². The summed E-state index contributed by atoms with van der Waals surface area (Å²) >= 11 is 3.30. The van der Waals surface area contributed by atoms with Gasteiger partial charge < -0.3 is 10.1 Å². The molecule has 1 N–H and O–H groups in total. The maximum absolute atomic E-state index is 12.8. The number of rotatable bonds is 4. The first kappa shape index (κ1) is 20.7. The van der Waals surface area contributed by atoms with Gasteiger partial charge in [-0.25, -0.2) is 4.79 Å². The van der Waals surface area contributed by atoms with Gasteiger partial charge in [0.2, 0.25) is 0 Å². The molecule has 0 bridgehead atoms. The number of carbonyl (C=O) groups excluding carboxylic acids is 3. The van der Waals surface area contributed by atoms with Crippen LogP contribution in [-0.2, 0) is 25.1 Å². The number of ether oxygens (including phenoxy) is 1. The monoisotopic (exact) mass is 468 g/mol. The quantitative estimate of drug-likeness (QED) is 0.412. The first-order valence-electron chi connectivity index (χ1n) is 8.71. The average Bonchev–Trinajstić information content (AvgIpc) is 2.64. The Bertz CT molecular complexity index is 878. The number of hydrogen-bond acceptors (Lipinski definition) is 5. The van der Waals surface area contributed by atoms with Gasteiger partial charge in [0.25, 0.3) is 11.8 Å².